The van der Waals surface area contributed by atoms with Crippen LogP contribution in [0.2, 0.25) is 0 Å². The zero-order chi connectivity index (χ0) is 13.1. The molecule has 0 aliphatic heterocycles. The van der Waals surface area contributed by atoms with Gasteiger partial charge in [-0.25, -0.2) is 4.98 Å². The summed E-state index contributed by atoms with van der Waals surface area (Å²) in [5.41, 5.74) is 1.19. The fourth-order valence-electron chi connectivity index (χ4n) is 1.65. The van der Waals surface area contributed by atoms with Crippen molar-refractivity contribution in [1.29, 1.82) is 0 Å². The number of nitro groups is 1. The molecule has 0 amide bonds. The van der Waals surface area contributed by atoms with Crippen molar-refractivity contribution in [2.45, 2.75) is 0 Å². The number of aromatic nitrogens is 1. The summed E-state index contributed by atoms with van der Waals surface area (Å²) in [6, 6.07) is 6.68. The highest BCUT2D eigenvalue weighted by molar-refractivity contribution is 9.11. The first-order valence-corrected chi connectivity index (χ1v) is 5.98. The van der Waals surface area contributed by atoms with Crippen molar-refractivity contribution in [2.75, 3.05) is 11.9 Å². The van der Waals surface area contributed by atoms with Crippen LogP contribution >= 0.6 is 15.9 Å². The molecule has 0 atom stereocenters. The second kappa shape index (κ2) is 5.14. The van der Waals surface area contributed by atoms with Crippen LogP contribution in [0, 0.1) is 10.1 Å². The SMILES string of the molecule is C=C(Br)CNc1ccc([N+](=O)[O-])c2ncccc12. The van der Waals surface area contributed by atoms with E-state index in [0.717, 1.165) is 15.6 Å². The average molecular weight is 308 g/mol. The van der Waals surface area contributed by atoms with E-state index in [1.54, 1.807) is 24.4 Å². The molecule has 6 heteroatoms. The van der Waals surface area contributed by atoms with Crippen molar-refractivity contribution in [3.05, 3.63) is 51.6 Å². The molecule has 0 aliphatic rings. The molecule has 0 bridgehead atoms. The van der Waals surface area contributed by atoms with E-state index in [1.165, 1.54) is 6.07 Å². The van der Waals surface area contributed by atoms with Gasteiger partial charge < -0.3 is 5.32 Å². The highest BCUT2D eigenvalue weighted by atomic mass is 79.9. The Morgan fingerprint density at radius 1 is 1.50 bits per heavy atom. The highest BCUT2D eigenvalue weighted by Crippen LogP contribution is 2.29. The molecule has 1 aromatic carbocycles. The third-order valence-electron chi connectivity index (χ3n) is 2.42. The summed E-state index contributed by atoms with van der Waals surface area (Å²) in [5.74, 6) is 0. The number of hydrogen-bond acceptors (Lipinski definition) is 4. The van der Waals surface area contributed by atoms with Crippen LogP contribution in [0.25, 0.3) is 10.9 Å². The second-order valence-electron chi connectivity index (χ2n) is 3.66. The van der Waals surface area contributed by atoms with Gasteiger partial charge in [0, 0.05) is 34.4 Å². The van der Waals surface area contributed by atoms with Crippen LogP contribution in [0.5, 0.6) is 0 Å². The quantitative estimate of drug-likeness (QED) is 0.693. The minimum absolute atomic E-state index is 0.00817. The zero-order valence-corrected chi connectivity index (χ0v) is 11.0. The molecule has 0 radical (unpaired) electrons. The Morgan fingerprint density at radius 2 is 2.28 bits per heavy atom. The molecule has 92 valence electrons. The van der Waals surface area contributed by atoms with Gasteiger partial charge in [0.05, 0.1) is 4.92 Å². The van der Waals surface area contributed by atoms with Gasteiger partial charge in [-0.1, -0.05) is 22.5 Å². The molecule has 0 saturated heterocycles. The molecule has 0 unspecified atom stereocenters. The smallest absolute Gasteiger partial charge is 0.295 e. The number of benzene rings is 1. The lowest BCUT2D eigenvalue weighted by Gasteiger charge is -2.08. The fourth-order valence-corrected chi connectivity index (χ4v) is 1.79. The number of pyridine rings is 1. The minimum Gasteiger partial charge on any atom is -0.380 e. The highest BCUT2D eigenvalue weighted by Gasteiger charge is 2.14. The fraction of sp³-hybridized carbons (Fsp3) is 0.0833. The first-order chi connectivity index (χ1) is 8.59. The molecule has 0 aliphatic carbocycles. The normalized spacial score (nSPS) is 10.3. The van der Waals surface area contributed by atoms with E-state index in [9.17, 15) is 10.1 Å². The first kappa shape index (κ1) is 12.5. The summed E-state index contributed by atoms with van der Waals surface area (Å²) in [4.78, 5) is 14.6. The molecule has 2 rings (SSSR count). The number of halogens is 1. The van der Waals surface area contributed by atoms with Crippen molar-refractivity contribution >= 4 is 38.2 Å². The first-order valence-electron chi connectivity index (χ1n) is 5.19. The molecule has 1 heterocycles. The number of hydrogen-bond donors (Lipinski definition) is 1. The summed E-state index contributed by atoms with van der Waals surface area (Å²) >= 11 is 3.25. The summed E-state index contributed by atoms with van der Waals surface area (Å²) in [7, 11) is 0. The van der Waals surface area contributed by atoms with Crippen molar-refractivity contribution in [1.82, 2.24) is 4.98 Å². The average Bonchev–Trinajstić information content (AvgIpc) is 2.35. The predicted molar refractivity (Wildman–Crippen MR) is 75.0 cm³/mol. The number of fused-ring (bicyclic) bond motifs is 1. The third-order valence-corrected chi connectivity index (χ3v) is 2.70. The van der Waals surface area contributed by atoms with Gasteiger partial charge in [0.1, 0.15) is 5.52 Å². The van der Waals surface area contributed by atoms with Gasteiger partial charge in [-0.05, 0) is 18.2 Å². The molecule has 1 aromatic heterocycles. The van der Waals surface area contributed by atoms with Gasteiger partial charge in [0.15, 0.2) is 0 Å². The number of nitrogens with zero attached hydrogens (tertiary/aromatic N) is 2. The van der Waals surface area contributed by atoms with Crippen LogP contribution in [-0.2, 0) is 0 Å². The largest absolute Gasteiger partial charge is 0.380 e. The molecule has 0 saturated carbocycles. The Bertz CT molecular complexity index is 628. The Hall–Kier alpha value is -1.95. The van der Waals surface area contributed by atoms with Crippen LogP contribution in [0.4, 0.5) is 11.4 Å². The number of nitro benzene ring substituents is 1. The van der Waals surface area contributed by atoms with Crippen LogP contribution in [0.3, 0.4) is 0 Å². The lowest BCUT2D eigenvalue weighted by Crippen LogP contribution is -2.02. The van der Waals surface area contributed by atoms with E-state index in [-0.39, 0.29) is 5.69 Å². The second-order valence-corrected chi connectivity index (χ2v) is 4.78. The molecule has 2 aromatic rings. The van der Waals surface area contributed by atoms with Gasteiger partial charge in [0.2, 0.25) is 0 Å². The molecule has 18 heavy (non-hydrogen) atoms. The maximum absolute atomic E-state index is 10.9. The zero-order valence-electron chi connectivity index (χ0n) is 9.39. The van der Waals surface area contributed by atoms with E-state index < -0.39 is 4.92 Å². The maximum Gasteiger partial charge on any atom is 0.295 e. The van der Waals surface area contributed by atoms with Crippen LogP contribution in [0.1, 0.15) is 0 Å². The number of rotatable bonds is 4. The van der Waals surface area contributed by atoms with Crippen molar-refractivity contribution in [2.24, 2.45) is 0 Å². The lowest BCUT2D eigenvalue weighted by molar-refractivity contribution is -0.383. The van der Waals surface area contributed by atoms with Gasteiger partial charge in [-0.3, -0.25) is 10.1 Å². The van der Waals surface area contributed by atoms with Crippen LogP contribution < -0.4 is 5.32 Å². The predicted octanol–water partition coefficient (Wildman–Crippen LogP) is 3.46. The maximum atomic E-state index is 10.9. The number of anilines is 1. The molecule has 0 fully saturated rings. The van der Waals surface area contributed by atoms with Crippen molar-refractivity contribution < 1.29 is 4.92 Å². The Morgan fingerprint density at radius 3 is 2.94 bits per heavy atom. The van der Waals surface area contributed by atoms with E-state index in [0.29, 0.717) is 12.1 Å². The van der Waals surface area contributed by atoms with Gasteiger partial charge >= 0.3 is 0 Å². The van der Waals surface area contributed by atoms with Gasteiger partial charge in [0.25, 0.3) is 5.69 Å². The van der Waals surface area contributed by atoms with Crippen LogP contribution in [0.15, 0.2) is 41.5 Å². The van der Waals surface area contributed by atoms with E-state index in [4.69, 9.17) is 0 Å². The Balaban J connectivity index is 2.53. The van der Waals surface area contributed by atoms with Crippen molar-refractivity contribution in [3.63, 3.8) is 0 Å². The molecule has 5 nitrogen and oxygen atoms in total. The van der Waals surface area contributed by atoms with E-state index >= 15 is 0 Å². The van der Waals surface area contributed by atoms with Gasteiger partial charge in [-0.15, -0.1) is 0 Å². The van der Waals surface area contributed by atoms with E-state index in [2.05, 4.69) is 32.8 Å². The number of non-ortho nitro benzene ring substituents is 1. The minimum atomic E-state index is -0.428. The Labute approximate surface area is 112 Å². The van der Waals surface area contributed by atoms with Crippen LogP contribution in [-0.4, -0.2) is 16.5 Å². The molecule has 1 N–H and O–H groups in total. The Kier molecular flexibility index (Phi) is 3.57. The third kappa shape index (κ3) is 2.48. The molecular weight excluding hydrogens is 298 g/mol. The monoisotopic (exact) mass is 307 g/mol. The lowest BCUT2D eigenvalue weighted by atomic mass is 10.1. The standard InChI is InChI=1S/C12H10BrN3O2/c1-8(13)7-15-10-4-5-11(16(17)18)12-9(10)3-2-6-14-12/h2-6,15H,1,7H2. The summed E-state index contributed by atoms with van der Waals surface area (Å²) < 4.78 is 0.804. The summed E-state index contributed by atoms with van der Waals surface area (Å²) in [6.07, 6.45) is 1.54. The summed E-state index contributed by atoms with van der Waals surface area (Å²) in [6.45, 7) is 4.27. The van der Waals surface area contributed by atoms with Crippen molar-refractivity contribution in [3.8, 4) is 0 Å². The molecular formula is C12H10BrN3O2. The van der Waals surface area contributed by atoms with Gasteiger partial charge in [-0.2, -0.15) is 0 Å². The number of nitrogens with one attached hydrogen (secondary N) is 1. The molecule has 0 spiro atoms. The topological polar surface area (TPSA) is 68.1 Å². The van der Waals surface area contributed by atoms with E-state index in [1.807, 2.05) is 0 Å². The summed E-state index contributed by atoms with van der Waals surface area (Å²) in [5, 5.41) is 14.8.